The third-order valence-electron chi connectivity index (χ3n) is 4.39. The zero-order valence-electron chi connectivity index (χ0n) is 14.7. The molecule has 5 heteroatoms. The first-order chi connectivity index (χ1) is 12.4. The monoisotopic (exact) mass is 366 g/mol. The van der Waals surface area contributed by atoms with Crippen molar-refractivity contribution in [3.05, 3.63) is 82.5 Å². The summed E-state index contributed by atoms with van der Waals surface area (Å²) >= 11 is 5.95. The normalized spacial score (nSPS) is 14.2. The third-order valence-corrected chi connectivity index (χ3v) is 4.64. The average Bonchev–Trinajstić information content (AvgIpc) is 2.84. The Morgan fingerprint density at radius 1 is 1.04 bits per heavy atom. The van der Waals surface area contributed by atoms with Crippen LogP contribution in [-0.2, 0) is 9.59 Å². The standard InChI is InChI=1S/C21H19ClN2O2/c1-4-11-24-20(25)18(15-6-8-16(22)9-7-15)19(21(24)26)23-17-10-5-13(2)14(3)12-17/h4-10,12,23H,1,11H2,2-3H3. The highest BCUT2D eigenvalue weighted by molar-refractivity contribution is 6.37. The van der Waals surface area contributed by atoms with Crippen molar-refractivity contribution in [2.45, 2.75) is 13.8 Å². The van der Waals surface area contributed by atoms with E-state index in [9.17, 15) is 9.59 Å². The van der Waals surface area contributed by atoms with Crippen LogP contribution in [0.2, 0.25) is 5.02 Å². The Bertz CT molecular complexity index is 930. The number of nitrogens with one attached hydrogen (secondary N) is 1. The van der Waals surface area contributed by atoms with Crippen LogP contribution in [0, 0.1) is 13.8 Å². The number of benzene rings is 2. The molecule has 0 aromatic heterocycles. The summed E-state index contributed by atoms with van der Waals surface area (Å²) < 4.78 is 0. The first kappa shape index (κ1) is 18.0. The van der Waals surface area contributed by atoms with E-state index in [4.69, 9.17) is 11.6 Å². The second-order valence-corrected chi connectivity index (χ2v) is 6.63. The van der Waals surface area contributed by atoms with Gasteiger partial charge in [0.05, 0.1) is 5.57 Å². The van der Waals surface area contributed by atoms with Gasteiger partial charge in [0.15, 0.2) is 0 Å². The summed E-state index contributed by atoms with van der Waals surface area (Å²) in [5, 5.41) is 3.71. The zero-order valence-corrected chi connectivity index (χ0v) is 15.4. The van der Waals surface area contributed by atoms with Crippen molar-refractivity contribution < 1.29 is 9.59 Å². The fourth-order valence-electron chi connectivity index (χ4n) is 2.83. The van der Waals surface area contributed by atoms with Gasteiger partial charge in [0, 0.05) is 17.3 Å². The van der Waals surface area contributed by atoms with Gasteiger partial charge in [-0.05, 0) is 54.8 Å². The van der Waals surface area contributed by atoms with Gasteiger partial charge < -0.3 is 5.32 Å². The van der Waals surface area contributed by atoms with Crippen molar-refractivity contribution in [3.8, 4) is 0 Å². The molecule has 26 heavy (non-hydrogen) atoms. The predicted molar refractivity (Wildman–Crippen MR) is 105 cm³/mol. The number of amides is 2. The van der Waals surface area contributed by atoms with Crippen molar-refractivity contribution in [1.29, 1.82) is 0 Å². The van der Waals surface area contributed by atoms with Crippen LogP contribution in [0.1, 0.15) is 16.7 Å². The van der Waals surface area contributed by atoms with E-state index < -0.39 is 0 Å². The molecule has 2 amide bonds. The van der Waals surface area contributed by atoms with E-state index in [0.29, 0.717) is 16.2 Å². The van der Waals surface area contributed by atoms with Crippen LogP contribution < -0.4 is 5.32 Å². The quantitative estimate of drug-likeness (QED) is 0.632. The van der Waals surface area contributed by atoms with Crippen molar-refractivity contribution in [2.24, 2.45) is 0 Å². The van der Waals surface area contributed by atoms with Gasteiger partial charge in [0.2, 0.25) is 0 Å². The summed E-state index contributed by atoms with van der Waals surface area (Å²) in [6.45, 7) is 7.81. The summed E-state index contributed by atoms with van der Waals surface area (Å²) in [5.74, 6) is -0.707. The molecule has 0 fully saturated rings. The molecule has 0 saturated carbocycles. The maximum atomic E-state index is 12.8. The molecule has 1 aliphatic heterocycles. The molecule has 1 N–H and O–H groups in total. The number of nitrogens with zero attached hydrogens (tertiary/aromatic N) is 1. The molecule has 0 unspecified atom stereocenters. The Labute approximate surface area is 157 Å². The maximum absolute atomic E-state index is 12.8. The number of anilines is 1. The molecule has 0 radical (unpaired) electrons. The first-order valence-corrected chi connectivity index (χ1v) is 8.61. The molecule has 0 bridgehead atoms. The summed E-state index contributed by atoms with van der Waals surface area (Å²) in [4.78, 5) is 26.8. The van der Waals surface area contributed by atoms with Gasteiger partial charge in [-0.25, -0.2) is 0 Å². The SMILES string of the molecule is C=CCN1C(=O)C(Nc2ccc(C)c(C)c2)=C(c2ccc(Cl)cc2)C1=O. The molecule has 0 saturated heterocycles. The Kier molecular flexibility index (Phi) is 4.96. The molecule has 0 spiro atoms. The molecule has 1 aliphatic rings. The number of halogens is 1. The van der Waals surface area contributed by atoms with Gasteiger partial charge in [0.25, 0.3) is 11.8 Å². The average molecular weight is 367 g/mol. The topological polar surface area (TPSA) is 49.4 Å². The van der Waals surface area contributed by atoms with E-state index in [1.807, 2.05) is 32.0 Å². The summed E-state index contributed by atoms with van der Waals surface area (Å²) in [7, 11) is 0. The molecular weight excluding hydrogens is 348 g/mol. The van der Waals surface area contributed by atoms with Crippen molar-refractivity contribution >= 4 is 34.7 Å². The van der Waals surface area contributed by atoms with Gasteiger partial charge in [-0.3, -0.25) is 14.5 Å². The van der Waals surface area contributed by atoms with E-state index in [2.05, 4.69) is 11.9 Å². The molecule has 2 aromatic carbocycles. The second-order valence-electron chi connectivity index (χ2n) is 6.19. The third kappa shape index (κ3) is 3.28. The van der Waals surface area contributed by atoms with Crippen LogP contribution in [0.4, 0.5) is 5.69 Å². The highest BCUT2D eigenvalue weighted by Gasteiger charge is 2.38. The lowest BCUT2D eigenvalue weighted by atomic mass is 10.0. The van der Waals surface area contributed by atoms with E-state index in [1.54, 1.807) is 24.3 Å². The fraction of sp³-hybridized carbons (Fsp3) is 0.143. The summed E-state index contributed by atoms with van der Waals surface area (Å²) in [6, 6.07) is 12.7. The number of hydrogen-bond donors (Lipinski definition) is 1. The van der Waals surface area contributed by atoms with Gasteiger partial charge in [-0.2, -0.15) is 0 Å². The smallest absolute Gasteiger partial charge is 0.278 e. The maximum Gasteiger partial charge on any atom is 0.278 e. The van der Waals surface area contributed by atoms with Crippen LogP contribution in [-0.4, -0.2) is 23.3 Å². The van der Waals surface area contributed by atoms with E-state index in [0.717, 1.165) is 16.8 Å². The van der Waals surface area contributed by atoms with Crippen LogP contribution in [0.25, 0.3) is 5.57 Å². The Hall–Kier alpha value is -2.85. The highest BCUT2D eigenvalue weighted by Crippen LogP contribution is 2.31. The largest absolute Gasteiger partial charge is 0.350 e. The molecule has 3 rings (SSSR count). The van der Waals surface area contributed by atoms with Gasteiger partial charge in [-0.15, -0.1) is 6.58 Å². The van der Waals surface area contributed by atoms with Crippen LogP contribution in [0.3, 0.4) is 0 Å². The van der Waals surface area contributed by atoms with Crippen LogP contribution in [0.5, 0.6) is 0 Å². The summed E-state index contributed by atoms with van der Waals surface area (Å²) in [6.07, 6.45) is 1.54. The van der Waals surface area contributed by atoms with Crippen LogP contribution in [0.15, 0.2) is 60.8 Å². The predicted octanol–water partition coefficient (Wildman–Crippen LogP) is 4.33. The Balaban J connectivity index is 2.08. The van der Waals surface area contributed by atoms with Crippen LogP contribution >= 0.6 is 11.6 Å². The number of aryl methyl sites for hydroxylation is 2. The van der Waals surface area contributed by atoms with Crippen molar-refractivity contribution in [3.63, 3.8) is 0 Å². The minimum absolute atomic E-state index is 0.160. The number of hydrogen-bond acceptors (Lipinski definition) is 3. The zero-order chi connectivity index (χ0) is 18.8. The van der Waals surface area contributed by atoms with Crippen molar-refractivity contribution in [2.75, 3.05) is 11.9 Å². The number of rotatable bonds is 5. The minimum Gasteiger partial charge on any atom is -0.350 e. The molecule has 1 heterocycles. The summed E-state index contributed by atoms with van der Waals surface area (Å²) in [5.41, 5.74) is 4.27. The highest BCUT2D eigenvalue weighted by atomic mass is 35.5. The minimum atomic E-state index is -0.363. The lowest BCUT2D eigenvalue weighted by Gasteiger charge is -2.13. The number of carbonyl (C=O) groups excluding carboxylic acids is 2. The van der Waals surface area contributed by atoms with Gasteiger partial charge in [-0.1, -0.05) is 35.9 Å². The molecule has 0 aliphatic carbocycles. The fourth-order valence-corrected chi connectivity index (χ4v) is 2.96. The number of carbonyl (C=O) groups is 2. The first-order valence-electron chi connectivity index (χ1n) is 8.24. The van der Waals surface area contributed by atoms with E-state index >= 15 is 0 Å². The molecule has 2 aromatic rings. The van der Waals surface area contributed by atoms with E-state index in [-0.39, 0.29) is 24.1 Å². The molecule has 4 nitrogen and oxygen atoms in total. The Morgan fingerprint density at radius 3 is 2.35 bits per heavy atom. The second kappa shape index (κ2) is 7.18. The molecule has 0 atom stereocenters. The van der Waals surface area contributed by atoms with Crippen molar-refractivity contribution in [1.82, 2.24) is 4.90 Å². The molecular formula is C21H19ClN2O2. The lowest BCUT2D eigenvalue weighted by molar-refractivity contribution is -0.136. The lowest BCUT2D eigenvalue weighted by Crippen LogP contribution is -2.32. The van der Waals surface area contributed by atoms with Gasteiger partial charge >= 0.3 is 0 Å². The number of imide groups is 1. The van der Waals surface area contributed by atoms with E-state index in [1.165, 1.54) is 11.0 Å². The molecule has 132 valence electrons. The Morgan fingerprint density at radius 2 is 1.73 bits per heavy atom. The van der Waals surface area contributed by atoms with Gasteiger partial charge in [0.1, 0.15) is 5.70 Å².